The number of nitrogens with one attached hydrogen (secondary N) is 1. The summed E-state index contributed by atoms with van der Waals surface area (Å²) in [4.78, 5) is 22.8. The summed E-state index contributed by atoms with van der Waals surface area (Å²) in [6.45, 7) is 2.46. The number of nitrogens with zero attached hydrogens (tertiary/aromatic N) is 1. The third-order valence-corrected chi connectivity index (χ3v) is 2.17. The van der Waals surface area contributed by atoms with Gasteiger partial charge in [0.1, 0.15) is 6.04 Å². The van der Waals surface area contributed by atoms with Crippen LogP contribution in [0.2, 0.25) is 0 Å². The molecule has 0 heterocycles. The zero-order valence-corrected chi connectivity index (χ0v) is 9.71. The Morgan fingerprint density at radius 3 is 2.18 bits per heavy atom. The number of amides is 2. The van der Waals surface area contributed by atoms with Crippen molar-refractivity contribution < 1.29 is 27.9 Å². The van der Waals surface area contributed by atoms with E-state index >= 15 is 0 Å². The molecule has 17 heavy (non-hydrogen) atoms. The fourth-order valence-electron chi connectivity index (χ4n) is 1.05. The third kappa shape index (κ3) is 5.98. The van der Waals surface area contributed by atoms with Crippen LogP contribution in [0.3, 0.4) is 0 Å². The fourth-order valence-corrected chi connectivity index (χ4v) is 1.05. The highest BCUT2D eigenvalue weighted by Crippen LogP contribution is 2.21. The summed E-state index contributed by atoms with van der Waals surface area (Å²) in [5, 5.41) is 10.7. The van der Waals surface area contributed by atoms with Crippen molar-refractivity contribution in [1.82, 2.24) is 10.2 Å². The monoisotopic (exact) mass is 256 g/mol. The lowest BCUT2D eigenvalue weighted by Gasteiger charge is -2.24. The summed E-state index contributed by atoms with van der Waals surface area (Å²) < 4.78 is 36.0. The zero-order chi connectivity index (χ0) is 13.8. The number of urea groups is 1. The number of carboxylic acids is 1. The van der Waals surface area contributed by atoms with Gasteiger partial charge in [-0.25, -0.2) is 9.59 Å². The molecule has 0 rings (SSSR count). The number of hydrogen-bond acceptors (Lipinski definition) is 2. The molecular weight excluding hydrogens is 241 g/mol. The molecule has 2 N–H and O–H groups in total. The number of carboxylic acid groups (broad SMARTS) is 1. The zero-order valence-electron chi connectivity index (χ0n) is 9.71. The van der Waals surface area contributed by atoms with Gasteiger partial charge in [0.15, 0.2) is 0 Å². The second kappa shape index (κ2) is 5.74. The average molecular weight is 256 g/mol. The molecule has 0 aliphatic carbocycles. The Morgan fingerprint density at radius 2 is 1.82 bits per heavy atom. The molecule has 0 saturated heterocycles. The third-order valence-electron chi connectivity index (χ3n) is 2.17. The van der Waals surface area contributed by atoms with Crippen LogP contribution in [-0.2, 0) is 4.79 Å². The van der Waals surface area contributed by atoms with Crippen LogP contribution in [-0.4, -0.2) is 47.3 Å². The maximum absolute atomic E-state index is 12.0. The number of rotatable bonds is 4. The van der Waals surface area contributed by atoms with E-state index in [1.54, 1.807) is 0 Å². The van der Waals surface area contributed by atoms with E-state index in [0.717, 1.165) is 4.90 Å². The molecule has 2 atom stereocenters. The van der Waals surface area contributed by atoms with E-state index in [9.17, 15) is 22.8 Å². The fraction of sp³-hybridized carbons (Fsp3) is 0.778. The SMILES string of the molecule is CC(CC(F)(F)F)NC(=O)N(C)C(C)C(=O)O. The van der Waals surface area contributed by atoms with Gasteiger partial charge in [-0.3, -0.25) is 0 Å². The Balaban J connectivity index is 4.30. The van der Waals surface area contributed by atoms with Gasteiger partial charge in [0.25, 0.3) is 0 Å². The van der Waals surface area contributed by atoms with E-state index in [1.165, 1.54) is 20.9 Å². The van der Waals surface area contributed by atoms with Gasteiger partial charge in [0, 0.05) is 13.1 Å². The molecule has 2 amide bonds. The van der Waals surface area contributed by atoms with Crippen LogP contribution in [0, 0.1) is 0 Å². The number of hydrogen-bond donors (Lipinski definition) is 2. The molecule has 0 fully saturated rings. The van der Waals surface area contributed by atoms with Crippen molar-refractivity contribution in [1.29, 1.82) is 0 Å². The molecule has 0 aromatic carbocycles. The number of halogens is 3. The molecule has 0 saturated carbocycles. The lowest BCUT2D eigenvalue weighted by molar-refractivity contribution is -0.142. The summed E-state index contributed by atoms with van der Waals surface area (Å²) in [6.07, 6.45) is -5.53. The first-order valence-corrected chi connectivity index (χ1v) is 4.87. The predicted molar refractivity (Wildman–Crippen MR) is 53.5 cm³/mol. The van der Waals surface area contributed by atoms with Gasteiger partial charge in [0.05, 0.1) is 6.42 Å². The average Bonchev–Trinajstić information content (AvgIpc) is 2.11. The van der Waals surface area contributed by atoms with Crippen molar-refractivity contribution in [3.63, 3.8) is 0 Å². The molecule has 2 unspecified atom stereocenters. The van der Waals surface area contributed by atoms with Crippen LogP contribution in [0.25, 0.3) is 0 Å². The maximum Gasteiger partial charge on any atom is 0.391 e. The molecule has 5 nitrogen and oxygen atoms in total. The van der Waals surface area contributed by atoms with Crippen LogP contribution in [0.15, 0.2) is 0 Å². The summed E-state index contributed by atoms with van der Waals surface area (Å²) in [6, 6.07) is -3.06. The van der Waals surface area contributed by atoms with Crippen molar-refractivity contribution in [2.24, 2.45) is 0 Å². The highest BCUT2D eigenvalue weighted by molar-refractivity contribution is 5.82. The van der Waals surface area contributed by atoms with E-state index in [2.05, 4.69) is 5.32 Å². The Kier molecular flexibility index (Phi) is 5.24. The van der Waals surface area contributed by atoms with Crippen molar-refractivity contribution in [3.8, 4) is 0 Å². The topological polar surface area (TPSA) is 69.6 Å². The quantitative estimate of drug-likeness (QED) is 0.799. The van der Waals surface area contributed by atoms with Gasteiger partial charge in [-0.1, -0.05) is 0 Å². The summed E-state index contributed by atoms with van der Waals surface area (Å²) in [7, 11) is 1.20. The minimum Gasteiger partial charge on any atom is -0.480 e. The van der Waals surface area contributed by atoms with Crippen LogP contribution >= 0.6 is 0 Å². The van der Waals surface area contributed by atoms with Crippen molar-refractivity contribution in [3.05, 3.63) is 0 Å². The standard InChI is InChI=1S/C9H15F3N2O3/c1-5(4-9(10,11)12)13-8(17)14(3)6(2)7(15)16/h5-6H,4H2,1-3H3,(H,13,17)(H,15,16). The van der Waals surface area contributed by atoms with Crippen molar-refractivity contribution in [2.75, 3.05) is 7.05 Å². The van der Waals surface area contributed by atoms with E-state index in [4.69, 9.17) is 5.11 Å². The van der Waals surface area contributed by atoms with Gasteiger partial charge >= 0.3 is 18.2 Å². The van der Waals surface area contributed by atoms with Gasteiger partial charge in [-0.2, -0.15) is 13.2 Å². The summed E-state index contributed by atoms with van der Waals surface area (Å²) in [5.74, 6) is -1.23. The Labute approximate surface area is 96.6 Å². The minimum atomic E-state index is -4.37. The summed E-state index contributed by atoms with van der Waals surface area (Å²) in [5.41, 5.74) is 0. The maximum atomic E-state index is 12.0. The van der Waals surface area contributed by atoms with Gasteiger partial charge in [0.2, 0.25) is 0 Å². The van der Waals surface area contributed by atoms with Gasteiger partial charge in [-0.05, 0) is 13.8 Å². The second-order valence-corrected chi connectivity index (χ2v) is 3.79. The van der Waals surface area contributed by atoms with Crippen LogP contribution < -0.4 is 5.32 Å². The molecule has 0 aliphatic rings. The molecule has 0 aromatic heterocycles. The van der Waals surface area contributed by atoms with Crippen LogP contribution in [0.5, 0.6) is 0 Å². The number of likely N-dealkylation sites (N-methyl/N-ethyl adjacent to an activating group) is 1. The number of alkyl halides is 3. The van der Waals surface area contributed by atoms with Gasteiger partial charge in [-0.15, -0.1) is 0 Å². The Morgan fingerprint density at radius 1 is 1.35 bits per heavy atom. The van der Waals surface area contributed by atoms with E-state index in [0.29, 0.717) is 0 Å². The highest BCUT2D eigenvalue weighted by atomic mass is 19.4. The molecule has 0 aliphatic heterocycles. The van der Waals surface area contributed by atoms with E-state index in [-0.39, 0.29) is 0 Å². The molecule has 0 bridgehead atoms. The molecule has 100 valence electrons. The Bertz CT molecular complexity index is 294. The molecular formula is C9H15F3N2O3. The normalized spacial score (nSPS) is 14.9. The van der Waals surface area contributed by atoms with E-state index in [1.807, 2.05) is 0 Å². The molecule has 0 spiro atoms. The Hall–Kier alpha value is -1.47. The second-order valence-electron chi connectivity index (χ2n) is 3.79. The first-order valence-electron chi connectivity index (χ1n) is 4.87. The number of carbonyl (C=O) groups excluding carboxylic acids is 1. The van der Waals surface area contributed by atoms with Gasteiger partial charge < -0.3 is 15.3 Å². The van der Waals surface area contributed by atoms with Crippen molar-refractivity contribution >= 4 is 12.0 Å². The molecule has 8 heteroatoms. The largest absolute Gasteiger partial charge is 0.480 e. The molecule has 0 aromatic rings. The number of aliphatic carboxylic acids is 1. The first kappa shape index (κ1) is 15.5. The smallest absolute Gasteiger partial charge is 0.391 e. The first-order chi connectivity index (χ1) is 7.54. The summed E-state index contributed by atoms with van der Waals surface area (Å²) >= 11 is 0. The lowest BCUT2D eigenvalue weighted by Crippen LogP contribution is -2.48. The minimum absolute atomic E-state index is 0.829. The highest BCUT2D eigenvalue weighted by Gasteiger charge is 2.31. The van der Waals surface area contributed by atoms with Crippen molar-refractivity contribution in [2.45, 2.75) is 38.5 Å². The predicted octanol–water partition coefficient (Wildman–Crippen LogP) is 1.44. The molecule has 0 radical (unpaired) electrons. The van der Waals surface area contributed by atoms with E-state index < -0.39 is 36.7 Å². The van der Waals surface area contributed by atoms with Crippen LogP contribution in [0.1, 0.15) is 20.3 Å². The van der Waals surface area contributed by atoms with Crippen LogP contribution in [0.4, 0.5) is 18.0 Å². The number of carbonyl (C=O) groups is 2. The lowest BCUT2D eigenvalue weighted by atomic mass is 10.2.